The summed E-state index contributed by atoms with van der Waals surface area (Å²) in [4.78, 5) is 16.6. The topological polar surface area (TPSA) is 60.7 Å². The van der Waals surface area contributed by atoms with Gasteiger partial charge in [0.15, 0.2) is 0 Å². The van der Waals surface area contributed by atoms with E-state index in [0.717, 1.165) is 12.1 Å². The van der Waals surface area contributed by atoms with Crippen LogP contribution in [0.15, 0.2) is 11.0 Å². The second-order valence-corrected chi connectivity index (χ2v) is 6.69. The number of rotatable bonds is 3. The van der Waals surface area contributed by atoms with Crippen LogP contribution in [0.2, 0.25) is 0 Å². The number of H-pyrrole nitrogens is 2. The molecule has 0 aromatic carbocycles. The van der Waals surface area contributed by atoms with Crippen molar-refractivity contribution >= 4 is 0 Å². The Bertz CT molecular complexity index is 440. The van der Waals surface area contributed by atoms with Crippen LogP contribution < -0.4 is 11.0 Å². The molecule has 0 radical (unpaired) electrons. The average Bonchev–Trinajstić information content (AvgIpc) is 2.85. The van der Waals surface area contributed by atoms with Gasteiger partial charge in [-0.15, -0.1) is 0 Å². The van der Waals surface area contributed by atoms with Crippen LogP contribution >= 0.6 is 0 Å². The van der Waals surface area contributed by atoms with Crippen molar-refractivity contribution in [2.45, 2.75) is 65.0 Å². The third-order valence-corrected chi connectivity index (χ3v) is 4.07. The predicted molar refractivity (Wildman–Crippen MR) is 73.8 cm³/mol. The zero-order chi connectivity index (χ0) is 13.3. The van der Waals surface area contributed by atoms with Crippen LogP contribution in [-0.2, 0) is 0 Å². The van der Waals surface area contributed by atoms with Crippen molar-refractivity contribution < 1.29 is 0 Å². The maximum Gasteiger partial charge on any atom is 0.323 e. The lowest BCUT2D eigenvalue weighted by Gasteiger charge is -2.28. The minimum atomic E-state index is -0.108. The van der Waals surface area contributed by atoms with Gasteiger partial charge in [0, 0.05) is 24.0 Å². The lowest BCUT2D eigenvalue weighted by Crippen LogP contribution is -2.39. The molecule has 1 aliphatic rings. The molecule has 2 heterocycles. The van der Waals surface area contributed by atoms with Crippen LogP contribution in [0.5, 0.6) is 0 Å². The predicted octanol–water partition coefficient (Wildman–Crippen LogP) is 2.36. The average molecular weight is 251 g/mol. The van der Waals surface area contributed by atoms with Gasteiger partial charge < -0.3 is 15.3 Å². The van der Waals surface area contributed by atoms with Crippen LogP contribution in [0.25, 0.3) is 0 Å². The van der Waals surface area contributed by atoms with Gasteiger partial charge >= 0.3 is 5.69 Å². The standard InChI is InChI=1S/C14H25N3O/c1-9(11-8-15-13(18)17-11)7-10-5-6-12(16-10)14(2,3)4/h8-10,12,16H,5-7H2,1-4H3,(H2,15,17,18). The molecule has 18 heavy (non-hydrogen) atoms. The van der Waals surface area contributed by atoms with Crippen LogP contribution in [0, 0.1) is 5.41 Å². The Hall–Kier alpha value is -1.03. The van der Waals surface area contributed by atoms with E-state index in [1.54, 1.807) is 6.20 Å². The molecule has 2 rings (SSSR count). The summed E-state index contributed by atoms with van der Waals surface area (Å²) in [5, 5.41) is 3.74. The van der Waals surface area contributed by atoms with Crippen LogP contribution in [0.1, 0.15) is 58.6 Å². The van der Waals surface area contributed by atoms with E-state index in [2.05, 4.69) is 43.0 Å². The highest BCUT2D eigenvalue weighted by Gasteiger charge is 2.32. The summed E-state index contributed by atoms with van der Waals surface area (Å²) >= 11 is 0. The van der Waals surface area contributed by atoms with Crippen LogP contribution in [-0.4, -0.2) is 22.1 Å². The fourth-order valence-electron chi connectivity index (χ4n) is 2.85. The van der Waals surface area contributed by atoms with E-state index in [9.17, 15) is 4.79 Å². The Morgan fingerprint density at radius 2 is 2.11 bits per heavy atom. The summed E-state index contributed by atoms with van der Waals surface area (Å²) in [5.41, 5.74) is 1.24. The molecule has 1 saturated heterocycles. The van der Waals surface area contributed by atoms with Gasteiger partial charge in [-0.25, -0.2) is 4.79 Å². The zero-order valence-corrected chi connectivity index (χ0v) is 11.8. The van der Waals surface area contributed by atoms with Gasteiger partial charge in [-0.05, 0) is 30.6 Å². The fraction of sp³-hybridized carbons (Fsp3) is 0.786. The first-order valence-electron chi connectivity index (χ1n) is 6.90. The Morgan fingerprint density at radius 3 is 2.61 bits per heavy atom. The third-order valence-electron chi connectivity index (χ3n) is 4.07. The Balaban J connectivity index is 1.90. The van der Waals surface area contributed by atoms with E-state index < -0.39 is 0 Å². The molecule has 0 aliphatic carbocycles. The normalized spacial score (nSPS) is 26.4. The van der Waals surface area contributed by atoms with Crippen LogP contribution in [0.3, 0.4) is 0 Å². The minimum absolute atomic E-state index is 0.108. The van der Waals surface area contributed by atoms with Gasteiger partial charge in [0.05, 0.1) is 0 Å². The summed E-state index contributed by atoms with van der Waals surface area (Å²) in [6.07, 6.45) is 5.37. The number of hydrogen-bond acceptors (Lipinski definition) is 2. The van der Waals surface area contributed by atoms with E-state index in [1.165, 1.54) is 12.8 Å². The number of imidazole rings is 1. The van der Waals surface area contributed by atoms with Crippen molar-refractivity contribution in [2.24, 2.45) is 5.41 Å². The Morgan fingerprint density at radius 1 is 1.39 bits per heavy atom. The van der Waals surface area contributed by atoms with E-state index in [0.29, 0.717) is 23.4 Å². The minimum Gasteiger partial charge on any atom is -0.313 e. The molecule has 4 heteroatoms. The Labute approximate surface area is 109 Å². The van der Waals surface area contributed by atoms with Crippen LogP contribution in [0.4, 0.5) is 0 Å². The molecular formula is C14H25N3O. The number of hydrogen-bond donors (Lipinski definition) is 3. The fourth-order valence-corrected chi connectivity index (χ4v) is 2.85. The molecule has 0 bridgehead atoms. The molecule has 0 spiro atoms. The van der Waals surface area contributed by atoms with Crippen molar-refractivity contribution in [1.82, 2.24) is 15.3 Å². The van der Waals surface area contributed by atoms with Gasteiger partial charge in [-0.1, -0.05) is 27.7 Å². The molecule has 4 nitrogen and oxygen atoms in total. The molecule has 1 fully saturated rings. The summed E-state index contributed by atoms with van der Waals surface area (Å²) < 4.78 is 0. The number of nitrogens with one attached hydrogen (secondary N) is 3. The summed E-state index contributed by atoms with van der Waals surface area (Å²) in [7, 11) is 0. The summed E-state index contributed by atoms with van der Waals surface area (Å²) in [6.45, 7) is 9.05. The first kappa shape index (κ1) is 13.4. The highest BCUT2D eigenvalue weighted by molar-refractivity contribution is 5.04. The highest BCUT2D eigenvalue weighted by atomic mass is 16.1. The lowest BCUT2D eigenvalue weighted by molar-refractivity contribution is 0.283. The van der Waals surface area contributed by atoms with Crippen molar-refractivity contribution in [3.63, 3.8) is 0 Å². The molecule has 3 N–H and O–H groups in total. The van der Waals surface area contributed by atoms with Gasteiger partial charge in [-0.2, -0.15) is 0 Å². The summed E-state index contributed by atoms with van der Waals surface area (Å²) in [6, 6.07) is 1.18. The number of aromatic amines is 2. The third kappa shape index (κ3) is 3.05. The van der Waals surface area contributed by atoms with Gasteiger partial charge in [-0.3, -0.25) is 0 Å². The SMILES string of the molecule is CC(CC1CCC(C(C)(C)C)N1)c1c[nH]c(=O)[nH]1. The number of aromatic nitrogens is 2. The van der Waals surface area contributed by atoms with E-state index in [4.69, 9.17) is 0 Å². The van der Waals surface area contributed by atoms with Crippen molar-refractivity contribution in [2.75, 3.05) is 0 Å². The van der Waals surface area contributed by atoms with Crippen molar-refractivity contribution in [1.29, 1.82) is 0 Å². The molecule has 0 amide bonds. The van der Waals surface area contributed by atoms with E-state index >= 15 is 0 Å². The maximum absolute atomic E-state index is 11.1. The molecule has 1 aromatic rings. The van der Waals surface area contributed by atoms with E-state index in [1.807, 2.05) is 0 Å². The maximum atomic E-state index is 11.1. The summed E-state index contributed by atoms with van der Waals surface area (Å²) in [5.74, 6) is 0.389. The quantitative estimate of drug-likeness (QED) is 0.772. The first-order chi connectivity index (χ1) is 8.36. The molecule has 3 unspecified atom stereocenters. The van der Waals surface area contributed by atoms with Gasteiger partial charge in [0.25, 0.3) is 0 Å². The molecule has 1 aromatic heterocycles. The lowest BCUT2D eigenvalue weighted by atomic mass is 9.86. The van der Waals surface area contributed by atoms with Gasteiger partial charge in [0.2, 0.25) is 0 Å². The zero-order valence-electron chi connectivity index (χ0n) is 11.8. The van der Waals surface area contributed by atoms with E-state index in [-0.39, 0.29) is 5.69 Å². The second-order valence-electron chi connectivity index (χ2n) is 6.69. The monoisotopic (exact) mass is 251 g/mol. The smallest absolute Gasteiger partial charge is 0.313 e. The molecule has 102 valence electrons. The van der Waals surface area contributed by atoms with Gasteiger partial charge in [0.1, 0.15) is 0 Å². The first-order valence-corrected chi connectivity index (χ1v) is 6.90. The molecule has 0 saturated carbocycles. The second kappa shape index (κ2) is 4.92. The molecule has 3 atom stereocenters. The Kier molecular flexibility index (Phi) is 3.66. The molecule has 1 aliphatic heterocycles. The van der Waals surface area contributed by atoms with Crippen molar-refractivity contribution in [3.05, 3.63) is 22.4 Å². The highest BCUT2D eigenvalue weighted by Crippen LogP contribution is 2.31. The van der Waals surface area contributed by atoms with Crippen molar-refractivity contribution in [3.8, 4) is 0 Å². The molecular weight excluding hydrogens is 226 g/mol. The largest absolute Gasteiger partial charge is 0.323 e.